The first-order chi connectivity index (χ1) is 14.4. The zero-order chi connectivity index (χ0) is 21.6. The molecule has 0 saturated carbocycles. The highest BCUT2D eigenvalue weighted by molar-refractivity contribution is 7.88. The van der Waals surface area contributed by atoms with E-state index in [1.54, 1.807) is 24.3 Å². The number of sulfonamides is 1. The smallest absolute Gasteiger partial charge is 0.337 e. The van der Waals surface area contributed by atoms with Crippen LogP contribution < -0.4 is 4.72 Å². The van der Waals surface area contributed by atoms with E-state index in [-0.39, 0.29) is 11.8 Å². The van der Waals surface area contributed by atoms with E-state index in [1.807, 2.05) is 30.3 Å². The van der Waals surface area contributed by atoms with Crippen molar-refractivity contribution in [2.24, 2.45) is 0 Å². The second-order valence-electron chi connectivity index (χ2n) is 7.63. The molecule has 0 bridgehead atoms. The van der Waals surface area contributed by atoms with Gasteiger partial charge in [-0.2, -0.15) is 0 Å². The minimum absolute atomic E-state index is 0.152. The first-order valence-electron chi connectivity index (χ1n) is 9.99. The minimum Gasteiger partial charge on any atom is -0.465 e. The van der Waals surface area contributed by atoms with Gasteiger partial charge in [0, 0.05) is 32.7 Å². The van der Waals surface area contributed by atoms with Crippen LogP contribution >= 0.6 is 0 Å². The van der Waals surface area contributed by atoms with E-state index in [9.17, 15) is 13.2 Å². The number of carbonyl (C=O) groups is 1. The van der Waals surface area contributed by atoms with Crippen LogP contribution in [0.4, 0.5) is 0 Å². The molecule has 0 spiro atoms. The molecule has 0 aromatic heterocycles. The summed E-state index contributed by atoms with van der Waals surface area (Å²) in [6.07, 6.45) is 0. The molecule has 30 heavy (non-hydrogen) atoms. The summed E-state index contributed by atoms with van der Waals surface area (Å²) in [6.45, 7) is 4.40. The quantitative estimate of drug-likeness (QED) is 0.643. The van der Waals surface area contributed by atoms with Crippen LogP contribution in [0.15, 0.2) is 54.6 Å². The van der Waals surface area contributed by atoms with Crippen molar-refractivity contribution < 1.29 is 17.9 Å². The Morgan fingerprint density at radius 2 is 1.67 bits per heavy atom. The number of rotatable bonds is 8. The van der Waals surface area contributed by atoms with Crippen LogP contribution in [-0.4, -0.2) is 71.1 Å². The molecule has 1 N–H and O–H groups in total. The summed E-state index contributed by atoms with van der Waals surface area (Å²) in [5.74, 6) is -0.598. The molecule has 8 heteroatoms. The molecule has 3 rings (SSSR count). The summed E-state index contributed by atoms with van der Waals surface area (Å²) < 4.78 is 33.4. The van der Waals surface area contributed by atoms with E-state index < -0.39 is 16.0 Å². The highest BCUT2D eigenvalue weighted by Crippen LogP contribution is 2.18. The van der Waals surface area contributed by atoms with Gasteiger partial charge in [0.2, 0.25) is 10.0 Å². The molecule has 1 unspecified atom stereocenters. The summed E-state index contributed by atoms with van der Waals surface area (Å²) in [6, 6.07) is 15.8. The predicted octanol–water partition coefficient (Wildman–Crippen LogP) is 1.88. The first-order valence-corrected chi connectivity index (χ1v) is 11.6. The Labute approximate surface area is 178 Å². The van der Waals surface area contributed by atoms with Gasteiger partial charge in [-0.3, -0.25) is 4.90 Å². The second-order valence-corrected chi connectivity index (χ2v) is 9.39. The van der Waals surface area contributed by atoms with Crippen molar-refractivity contribution in [2.45, 2.75) is 11.8 Å². The highest BCUT2D eigenvalue weighted by atomic mass is 32.2. The van der Waals surface area contributed by atoms with Gasteiger partial charge in [-0.1, -0.05) is 42.5 Å². The zero-order valence-corrected chi connectivity index (χ0v) is 18.3. The number of nitrogens with one attached hydrogen (secondary N) is 1. The summed E-state index contributed by atoms with van der Waals surface area (Å²) >= 11 is 0. The van der Waals surface area contributed by atoms with Crippen molar-refractivity contribution in [1.82, 2.24) is 14.5 Å². The minimum atomic E-state index is -3.59. The van der Waals surface area contributed by atoms with E-state index in [1.165, 1.54) is 7.11 Å². The number of nitrogens with zero attached hydrogens (tertiary/aromatic N) is 2. The molecule has 2 aromatic carbocycles. The average molecular weight is 432 g/mol. The monoisotopic (exact) mass is 431 g/mol. The largest absolute Gasteiger partial charge is 0.465 e. The van der Waals surface area contributed by atoms with Crippen LogP contribution in [0.2, 0.25) is 0 Å². The third kappa shape index (κ3) is 6.37. The molecular formula is C22H29N3O4S. The molecule has 1 aliphatic rings. The maximum absolute atomic E-state index is 12.9. The number of piperazine rings is 1. The van der Waals surface area contributed by atoms with E-state index >= 15 is 0 Å². The van der Waals surface area contributed by atoms with Crippen molar-refractivity contribution in [3.8, 4) is 0 Å². The van der Waals surface area contributed by atoms with Crippen molar-refractivity contribution in [2.75, 3.05) is 46.9 Å². The fraction of sp³-hybridized carbons (Fsp3) is 0.409. The van der Waals surface area contributed by atoms with Crippen LogP contribution in [0.1, 0.15) is 27.5 Å². The number of likely N-dealkylation sites (N-methyl/N-ethyl adjacent to an activating group) is 1. The molecule has 1 fully saturated rings. The van der Waals surface area contributed by atoms with Gasteiger partial charge in [0.15, 0.2) is 0 Å². The molecule has 0 aliphatic carbocycles. The van der Waals surface area contributed by atoms with E-state index in [0.29, 0.717) is 17.7 Å². The molecule has 2 aromatic rings. The fourth-order valence-electron chi connectivity index (χ4n) is 3.52. The molecule has 1 saturated heterocycles. The van der Waals surface area contributed by atoms with Crippen LogP contribution in [0.3, 0.4) is 0 Å². The standard InChI is InChI=1S/C22H29N3O4S/c1-24-12-14-25(15-13-24)16-21(19-6-4-3-5-7-19)23-30(27,28)17-18-8-10-20(11-9-18)22(26)29-2/h3-11,21,23H,12-17H2,1-2H3. The Balaban J connectivity index is 1.71. The molecule has 1 atom stereocenters. The van der Waals surface area contributed by atoms with Crippen molar-refractivity contribution in [3.63, 3.8) is 0 Å². The normalized spacial score (nSPS) is 16.9. The molecule has 1 aliphatic heterocycles. The van der Waals surface area contributed by atoms with Gasteiger partial charge in [0.1, 0.15) is 0 Å². The van der Waals surface area contributed by atoms with E-state index in [2.05, 4.69) is 26.3 Å². The molecule has 0 amide bonds. The number of hydrogen-bond donors (Lipinski definition) is 1. The number of benzene rings is 2. The van der Waals surface area contributed by atoms with Gasteiger partial charge in [-0.25, -0.2) is 17.9 Å². The summed E-state index contributed by atoms with van der Waals surface area (Å²) in [7, 11) is -0.174. The molecule has 0 radical (unpaired) electrons. The Hall–Kier alpha value is -2.26. The van der Waals surface area contributed by atoms with Gasteiger partial charge >= 0.3 is 5.97 Å². The van der Waals surface area contributed by atoms with Crippen LogP contribution in [0.5, 0.6) is 0 Å². The SMILES string of the molecule is COC(=O)c1ccc(CS(=O)(=O)NC(CN2CCN(C)CC2)c2ccccc2)cc1. The average Bonchev–Trinajstić information content (AvgIpc) is 2.75. The highest BCUT2D eigenvalue weighted by Gasteiger charge is 2.24. The lowest BCUT2D eigenvalue weighted by molar-refractivity contribution is 0.0600. The summed E-state index contributed by atoms with van der Waals surface area (Å²) in [4.78, 5) is 16.1. The van der Waals surface area contributed by atoms with E-state index in [0.717, 1.165) is 31.7 Å². The molecule has 162 valence electrons. The van der Waals surface area contributed by atoms with Crippen molar-refractivity contribution in [3.05, 3.63) is 71.3 Å². The Morgan fingerprint density at radius 1 is 1.03 bits per heavy atom. The number of ether oxygens (including phenoxy) is 1. The Kier molecular flexibility index (Phi) is 7.60. The van der Waals surface area contributed by atoms with E-state index in [4.69, 9.17) is 0 Å². The first kappa shape index (κ1) is 22.4. The Bertz CT molecular complexity index is 925. The number of carbonyl (C=O) groups excluding carboxylic acids is 1. The molecular weight excluding hydrogens is 402 g/mol. The fourth-order valence-corrected chi connectivity index (χ4v) is 4.88. The lowest BCUT2D eigenvalue weighted by atomic mass is 10.1. The number of methoxy groups -OCH3 is 1. The number of esters is 1. The topological polar surface area (TPSA) is 78.9 Å². The van der Waals surface area contributed by atoms with Crippen LogP contribution in [0, 0.1) is 0 Å². The maximum atomic E-state index is 12.9. The third-order valence-electron chi connectivity index (χ3n) is 5.29. The molecule has 7 nitrogen and oxygen atoms in total. The Morgan fingerprint density at radius 3 is 2.27 bits per heavy atom. The van der Waals surface area contributed by atoms with Gasteiger partial charge in [0.05, 0.1) is 24.5 Å². The summed E-state index contributed by atoms with van der Waals surface area (Å²) in [5.41, 5.74) is 1.95. The zero-order valence-electron chi connectivity index (χ0n) is 17.5. The summed E-state index contributed by atoms with van der Waals surface area (Å²) in [5, 5.41) is 0. The lowest BCUT2D eigenvalue weighted by Crippen LogP contribution is -2.47. The van der Waals surface area contributed by atoms with Crippen LogP contribution in [0.25, 0.3) is 0 Å². The maximum Gasteiger partial charge on any atom is 0.337 e. The van der Waals surface area contributed by atoms with Crippen molar-refractivity contribution >= 4 is 16.0 Å². The molecule has 1 heterocycles. The predicted molar refractivity (Wildman–Crippen MR) is 117 cm³/mol. The lowest BCUT2D eigenvalue weighted by Gasteiger charge is -2.35. The van der Waals surface area contributed by atoms with Gasteiger partial charge in [-0.15, -0.1) is 0 Å². The van der Waals surface area contributed by atoms with Crippen molar-refractivity contribution in [1.29, 1.82) is 0 Å². The third-order valence-corrected chi connectivity index (χ3v) is 6.65. The number of hydrogen-bond acceptors (Lipinski definition) is 6. The van der Waals surface area contributed by atoms with Gasteiger partial charge in [0.25, 0.3) is 0 Å². The van der Waals surface area contributed by atoms with Gasteiger partial charge < -0.3 is 9.64 Å². The van der Waals surface area contributed by atoms with Gasteiger partial charge in [-0.05, 0) is 30.3 Å². The second kappa shape index (κ2) is 10.2. The van der Waals surface area contributed by atoms with Crippen LogP contribution in [-0.2, 0) is 20.5 Å².